The maximum absolute atomic E-state index is 13.0. The van der Waals surface area contributed by atoms with Gasteiger partial charge in [-0.15, -0.1) is 0 Å². The van der Waals surface area contributed by atoms with Gasteiger partial charge in [-0.3, -0.25) is 9.59 Å². The van der Waals surface area contributed by atoms with Gasteiger partial charge in [0.2, 0.25) is 0 Å². The van der Waals surface area contributed by atoms with Gasteiger partial charge in [0.05, 0.1) is 12.7 Å². The van der Waals surface area contributed by atoms with Crippen LogP contribution >= 0.6 is 15.9 Å². The highest BCUT2D eigenvalue weighted by atomic mass is 79.9. The minimum Gasteiger partial charge on any atom is -0.493 e. The molecule has 2 rings (SSSR count). The summed E-state index contributed by atoms with van der Waals surface area (Å²) in [4.78, 5) is 24.2. The predicted octanol–water partition coefficient (Wildman–Crippen LogP) is 4.63. The summed E-state index contributed by atoms with van der Waals surface area (Å²) in [6.45, 7) is 3.39. The van der Waals surface area contributed by atoms with E-state index in [4.69, 9.17) is 9.47 Å². The lowest BCUT2D eigenvalue weighted by Crippen LogP contribution is -2.34. The molecule has 2 N–H and O–H groups in total. The summed E-state index contributed by atoms with van der Waals surface area (Å²) in [5, 5.41) is 5.09. The summed E-state index contributed by atoms with van der Waals surface area (Å²) in [7, 11) is 1.36. The van der Waals surface area contributed by atoms with Gasteiger partial charge >= 0.3 is 6.18 Å². The van der Waals surface area contributed by atoms with Gasteiger partial charge in [-0.2, -0.15) is 13.2 Å². The molecule has 162 valence electrons. The molecule has 0 heterocycles. The smallest absolute Gasteiger partial charge is 0.417 e. The molecule has 0 unspecified atom stereocenters. The summed E-state index contributed by atoms with van der Waals surface area (Å²) in [5.41, 5.74) is -0.774. The van der Waals surface area contributed by atoms with Gasteiger partial charge in [0.15, 0.2) is 18.1 Å². The average molecular weight is 489 g/mol. The fourth-order valence-electron chi connectivity index (χ4n) is 2.46. The first-order chi connectivity index (χ1) is 14.0. The van der Waals surface area contributed by atoms with Crippen molar-refractivity contribution < 1.29 is 32.2 Å². The first-order valence-corrected chi connectivity index (χ1v) is 9.59. The number of amides is 2. The van der Waals surface area contributed by atoms with Crippen molar-refractivity contribution in [2.45, 2.75) is 26.1 Å². The molecule has 0 aromatic heterocycles. The number of methoxy groups -OCH3 is 1. The minimum absolute atomic E-state index is 0.0137. The Morgan fingerprint density at radius 2 is 1.80 bits per heavy atom. The molecule has 0 aliphatic rings. The predicted molar refractivity (Wildman–Crippen MR) is 109 cm³/mol. The van der Waals surface area contributed by atoms with Crippen molar-refractivity contribution >= 4 is 33.4 Å². The Hall–Kier alpha value is -2.75. The Labute approximate surface area is 179 Å². The lowest BCUT2D eigenvalue weighted by molar-refractivity contribution is -0.138. The van der Waals surface area contributed by atoms with E-state index in [2.05, 4.69) is 26.6 Å². The number of anilines is 1. The quantitative estimate of drug-likeness (QED) is 0.595. The van der Waals surface area contributed by atoms with Crippen LogP contribution in [0.2, 0.25) is 0 Å². The summed E-state index contributed by atoms with van der Waals surface area (Å²) in [6, 6.07) is 7.58. The van der Waals surface area contributed by atoms with Crippen LogP contribution in [0.5, 0.6) is 11.5 Å². The van der Waals surface area contributed by atoms with E-state index in [9.17, 15) is 22.8 Å². The van der Waals surface area contributed by atoms with Gasteiger partial charge in [-0.05, 0) is 50.2 Å². The second-order valence-electron chi connectivity index (χ2n) is 6.52. The fourth-order valence-corrected chi connectivity index (χ4v) is 2.93. The maximum Gasteiger partial charge on any atom is 0.417 e. The van der Waals surface area contributed by atoms with Gasteiger partial charge in [0, 0.05) is 21.8 Å². The molecule has 2 aromatic carbocycles. The number of halogens is 4. The molecule has 0 aliphatic heterocycles. The number of rotatable bonds is 7. The van der Waals surface area contributed by atoms with Gasteiger partial charge in [-0.1, -0.05) is 15.9 Å². The molecular weight excluding hydrogens is 469 g/mol. The van der Waals surface area contributed by atoms with Gasteiger partial charge < -0.3 is 20.1 Å². The van der Waals surface area contributed by atoms with Gasteiger partial charge in [-0.25, -0.2) is 0 Å². The van der Waals surface area contributed by atoms with Gasteiger partial charge in [0.25, 0.3) is 11.8 Å². The second kappa shape index (κ2) is 9.84. The average Bonchev–Trinajstić information content (AvgIpc) is 2.66. The van der Waals surface area contributed by atoms with Crippen LogP contribution in [-0.2, 0) is 11.0 Å². The summed E-state index contributed by atoms with van der Waals surface area (Å²) >= 11 is 2.85. The van der Waals surface area contributed by atoms with E-state index in [0.717, 1.165) is 6.07 Å². The summed E-state index contributed by atoms with van der Waals surface area (Å²) in [6.07, 6.45) is -4.57. The van der Waals surface area contributed by atoms with Crippen LogP contribution in [0.15, 0.2) is 40.9 Å². The summed E-state index contributed by atoms with van der Waals surface area (Å²) < 4.78 is 49.6. The van der Waals surface area contributed by atoms with Crippen LogP contribution in [0, 0.1) is 0 Å². The molecule has 2 aromatic rings. The van der Waals surface area contributed by atoms with E-state index in [1.54, 1.807) is 0 Å². The third-order valence-corrected chi connectivity index (χ3v) is 4.46. The second-order valence-corrected chi connectivity index (χ2v) is 7.38. The minimum atomic E-state index is -4.57. The molecule has 2 amide bonds. The lowest BCUT2D eigenvalue weighted by Gasteiger charge is -2.14. The van der Waals surface area contributed by atoms with E-state index in [1.807, 2.05) is 13.8 Å². The molecule has 0 fully saturated rings. The van der Waals surface area contributed by atoms with Crippen molar-refractivity contribution in [2.75, 3.05) is 19.0 Å². The SMILES string of the molecule is COc1cc(C(=O)Nc2ccc(Br)c(C(F)(F)F)c2)ccc1OCC(=O)NC(C)C. The van der Waals surface area contributed by atoms with E-state index < -0.39 is 17.6 Å². The molecule has 30 heavy (non-hydrogen) atoms. The van der Waals surface area contributed by atoms with E-state index in [0.29, 0.717) is 0 Å². The first kappa shape index (κ1) is 23.5. The molecular formula is C20H20BrF3N2O4. The molecule has 0 aliphatic carbocycles. The number of carbonyl (C=O) groups is 2. The lowest BCUT2D eigenvalue weighted by atomic mass is 10.1. The Morgan fingerprint density at radius 1 is 1.10 bits per heavy atom. The number of nitrogens with one attached hydrogen (secondary N) is 2. The Kier molecular flexibility index (Phi) is 7.71. The van der Waals surface area contributed by atoms with Crippen molar-refractivity contribution in [3.63, 3.8) is 0 Å². The van der Waals surface area contributed by atoms with Crippen LogP contribution in [0.25, 0.3) is 0 Å². The van der Waals surface area contributed by atoms with Crippen molar-refractivity contribution in [2.24, 2.45) is 0 Å². The highest BCUT2D eigenvalue weighted by Crippen LogP contribution is 2.36. The zero-order chi connectivity index (χ0) is 22.5. The van der Waals surface area contributed by atoms with Crippen LogP contribution in [-0.4, -0.2) is 31.6 Å². The number of hydrogen-bond acceptors (Lipinski definition) is 4. The molecule has 0 saturated carbocycles. The van der Waals surface area contributed by atoms with Crippen LogP contribution in [0.1, 0.15) is 29.8 Å². The molecule has 0 spiro atoms. The molecule has 0 radical (unpaired) electrons. The van der Waals surface area contributed by atoms with Crippen molar-refractivity contribution in [3.8, 4) is 11.5 Å². The number of carbonyl (C=O) groups excluding carboxylic acids is 2. The topological polar surface area (TPSA) is 76.7 Å². The Morgan fingerprint density at radius 3 is 2.40 bits per heavy atom. The van der Waals surface area contributed by atoms with E-state index in [1.165, 1.54) is 37.4 Å². The zero-order valence-electron chi connectivity index (χ0n) is 16.4. The molecule has 0 bridgehead atoms. The normalized spacial score (nSPS) is 11.2. The number of ether oxygens (including phenoxy) is 2. The van der Waals surface area contributed by atoms with Crippen molar-refractivity contribution in [3.05, 3.63) is 52.0 Å². The number of hydrogen-bond donors (Lipinski definition) is 2. The fraction of sp³-hybridized carbons (Fsp3) is 0.300. The number of benzene rings is 2. The third kappa shape index (κ3) is 6.38. The molecule has 10 heteroatoms. The van der Waals surface area contributed by atoms with Crippen molar-refractivity contribution in [1.29, 1.82) is 0 Å². The first-order valence-electron chi connectivity index (χ1n) is 8.79. The Bertz CT molecular complexity index is 933. The third-order valence-electron chi connectivity index (χ3n) is 3.76. The monoisotopic (exact) mass is 488 g/mol. The van der Waals surface area contributed by atoms with Gasteiger partial charge in [0.1, 0.15) is 0 Å². The van der Waals surface area contributed by atoms with Crippen LogP contribution < -0.4 is 20.1 Å². The molecule has 0 saturated heterocycles. The molecule has 6 nitrogen and oxygen atoms in total. The molecule has 0 atom stereocenters. The van der Waals surface area contributed by atoms with Crippen molar-refractivity contribution in [1.82, 2.24) is 5.32 Å². The van der Waals surface area contributed by atoms with Crippen LogP contribution in [0.3, 0.4) is 0 Å². The van der Waals surface area contributed by atoms with E-state index in [-0.39, 0.29) is 45.8 Å². The standard InChI is InChI=1S/C20H20BrF3N2O4/c1-11(2)25-18(27)10-30-16-7-4-12(8-17(16)29-3)19(28)26-13-5-6-15(21)14(9-13)20(22,23)24/h4-9,11H,10H2,1-3H3,(H,25,27)(H,26,28). The largest absolute Gasteiger partial charge is 0.493 e. The maximum atomic E-state index is 13.0. The number of alkyl halides is 3. The zero-order valence-corrected chi connectivity index (χ0v) is 18.0. The Balaban J connectivity index is 2.14. The highest BCUT2D eigenvalue weighted by Gasteiger charge is 2.33. The van der Waals surface area contributed by atoms with Crippen LogP contribution in [0.4, 0.5) is 18.9 Å². The highest BCUT2D eigenvalue weighted by molar-refractivity contribution is 9.10. The van der Waals surface area contributed by atoms with E-state index >= 15 is 0 Å². The summed E-state index contributed by atoms with van der Waals surface area (Å²) in [5.74, 6) is -0.500.